The first-order chi connectivity index (χ1) is 13.9. The zero-order valence-corrected chi connectivity index (χ0v) is 16.5. The van der Waals surface area contributed by atoms with Crippen LogP contribution in [0.5, 0.6) is 11.5 Å². The summed E-state index contributed by atoms with van der Waals surface area (Å²) >= 11 is 0. The summed E-state index contributed by atoms with van der Waals surface area (Å²) in [5.41, 5.74) is 1.75. The summed E-state index contributed by atoms with van der Waals surface area (Å²) in [7, 11) is 3.05. The summed E-state index contributed by atoms with van der Waals surface area (Å²) < 4.78 is 10.3. The number of benzene rings is 2. The summed E-state index contributed by atoms with van der Waals surface area (Å²) in [5, 5.41) is 20.6. The number of likely N-dealkylation sites (tertiary alicyclic amines) is 1. The highest BCUT2D eigenvalue weighted by atomic mass is 16.5. The van der Waals surface area contributed by atoms with E-state index >= 15 is 0 Å². The van der Waals surface area contributed by atoms with Gasteiger partial charge in [0.25, 0.3) is 11.7 Å². The lowest BCUT2D eigenvalue weighted by atomic mass is 9.94. The molecule has 0 saturated carbocycles. The van der Waals surface area contributed by atoms with Crippen LogP contribution in [0.1, 0.15) is 22.7 Å². The Bertz CT molecular complexity index is 964. The number of aryl methyl sites for hydroxylation is 1. The van der Waals surface area contributed by atoms with E-state index in [-0.39, 0.29) is 30.2 Å². The van der Waals surface area contributed by atoms with Gasteiger partial charge in [0.05, 0.1) is 25.3 Å². The number of aliphatic hydroxyl groups excluding tert-OH is 1. The molecular weight excluding hydrogens is 374 g/mol. The molecule has 0 aliphatic carbocycles. The fraction of sp³-hybridized carbons (Fsp3) is 0.273. The maximum absolute atomic E-state index is 12.9. The minimum Gasteiger partial charge on any atom is -0.508 e. The molecule has 0 bridgehead atoms. The van der Waals surface area contributed by atoms with Crippen molar-refractivity contribution in [1.29, 1.82) is 0 Å². The first-order valence-electron chi connectivity index (χ1n) is 9.10. The van der Waals surface area contributed by atoms with Crippen LogP contribution >= 0.6 is 0 Å². The Morgan fingerprint density at radius 2 is 1.79 bits per heavy atom. The zero-order valence-electron chi connectivity index (χ0n) is 16.5. The largest absolute Gasteiger partial charge is 0.508 e. The maximum atomic E-state index is 12.9. The van der Waals surface area contributed by atoms with Crippen LogP contribution in [0.4, 0.5) is 0 Å². The van der Waals surface area contributed by atoms with E-state index in [9.17, 15) is 19.8 Å². The van der Waals surface area contributed by atoms with Gasteiger partial charge in [-0.05, 0) is 48.4 Å². The van der Waals surface area contributed by atoms with Crippen molar-refractivity contribution in [2.24, 2.45) is 0 Å². The molecule has 0 aromatic heterocycles. The van der Waals surface area contributed by atoms with Gasteiger partial charge in [0.15, 0.2) is 0 Å². The Balaban J connectivity index is 2.17. The molecule has 29 heavy (non-hydrogen) atoms. The van der Waals surface area contributed by atoms with Crippen LogP contribution in [-0.4, -0.2) is 54.2 Å². The number of hydrogen-bond acceptors (Lipinski definition) is 6. The number of carbonyl (C=O) groups excluding carboxylic acids is 2. The van der Waals surface area contributed by atoms with Gasteiger partial charge in [0, 0.05) is 19.2 Å². The van der Waals surface area contributed by atoms with Crippen LogP contribution in [-0.2, 0) is 14.3 Å². The highest BCUT2D eigenvalue weighted by Crippen LogP contribution is 2.40. The summed E-state index contributed by atoms with van der Waals surface area (Å²) in [6.07, 6.45) is 0. The third-order valence-electron chi connectivity index (χ3n) is 4.97. The van der Waals surface area contributed by atoms with Crippen LogP contribution in [0.25, 0.3) is 5.76 Å². The second-order valence-electron chi connectivity index (χ2n) is 6.76. The molecule has 1 atom stereocenters. The van der Waals surface area contributed by atoms with Gasteiger partial charge in [0.2, 0.25) is 0 Å². The van der Waals surface area contributed by atoms with Crippen molar-refractivity contribution in [1.82, 2.24) is 4.90 Å². The van der Waals surface area contributed by atoms with Gasteiger partial charge >= 0.3 is 0 Å². The molecule has 3 rings (SSSR count). The van der Waals surface area contributed by atoms with Gasteiger partial charge in [-0.15, -0.1) is 0 Å². The normalized spacial score (nSPS) is 18.3. The Hall–Kier alpha value is -3.32. The minimum atomic E-state index is -0.785. The number of phenols is 1. The number of nitrogens with zero attached hydrogens (tertiary/aromatic N) is 1. The molecule has 152 valence electrons. The van der Waals surface area contributed by atoms with Crippen molar-refractivity contribution in [2.75, 3.05) is 27.4 Å². The van der Waals surface area contributed by atoms with Gasteiger partial charge in [-0.25, -0.2) is 0 Å². The first kappa shape index (κ1) is 20.4. The molecule has 0 radical (unpaired) electrons. The monoisotopic (exact) mass is 397 g/mol. The minimum absolute atomic E-state index is 0.00468. The smallest absolute Gasteiger partial charge is 0.295 e. The van der Waals surface area contributed by atoms with E-state index in [1.54, 1.807) is 44.4 Å². The zero-order chi connectivity index (χ0) is 21.1. The van der Waals surface area contributed by atoms with E-state index in [1.807, 2.05) is 0 Å². The fourth-order valence-corrected chi connectivity index (χ4v) is 3.48. The number of ketones is 1. The predicted molar refractivity (Wildman–Crippen MR) is 107 cm³/mol. The second kappa shape index (κ2) is 8.36. The van der Waals surface area contributed by atoms with Gasteiger partial charge in [0.1, 0.15) is 17.3 Å². The number of rotatable bonds is 6. The lowest BCUT2D eigenvalue weighted by Gasteiger charge is -2.25. The number of Topliss-reactive ketones (excluding diaryl/α,β-unsaturated/α-hetero) is 1. The molecule has 1 aliphatic rings. The fourth-order valence-electron chi connectivity index (χ4n) is 3.48. The SMILES string of the molecule is COCCN1C(=O)C(=O)/C(=C(/O)c2ccc(OC)cc2C)C1c1ccc(O)cc1. The van der Waals surface area contributed by atoms with Gasteiger partial charge in [-0.3, -0.25) is 9.59 Å². The van der Waals surface area contributed by atoms with Crippen molar-refractivity contribution in [3.8, 4) is 11.5 Å². The Morgan fingerprint density at radius 1 is 1.10 bits per heavy atom. The lowest BCUT2D eigenvalue weighted by molar-refractivity contribution is -0.140. The Morgan fingerprint density at radius 3 is 2.38 bits per heavy atom. The van der Waals surface area contributed by atoms with E-state index in [1.165, 1.54) is 24.1 Å². The number of ether oxygens (including phenoxy) is 2. The number of phenolic OH excluding ortho intramolecular Hbond substituents is 1. The summed E-state index contributed by atoms with van der Waals surface area (Å²) in [5.74, 6) is -1.02. The van der Waals surface area contributed by atoms with Crippen LogP contribution in [0.15, 0.2) is 48.0 Å². The maximum Gasteiger partial charge on any atom is 0.295 e. The topological polar surface area (TPSA) is 96.3 Å². The van der Waals surface area contributed by atoms with E-state index in [4.69, 9.17) is 9.47 Å². The second-order valence-corrected chi connectivity index (χ2v) is 6.76. The average molecular weight is 397 g/mol. The Labute approximate surface area is 168 Å². The Kier molecular flexibility index (Phi) is 5.89. The van der Waals surface area contributed by atoms with E-state index in [2.05, 4.69) is 0 Å². The molecule has 1 aliphatic heterocycles. The van der Waals surface area contributed by atoms with Crippen molar-refractivity contribution in [3.05, 3.63) is 64.7 Å². The molecule has 1 unspecified atom stereocenters. The molecule has 1 amide bonds. The summed E-state index contributed by atoms with van der Waals surface area (Å²) in [6.45, 7) is 2.21. The third kappa shape index (κ3) is 3.82. The van der Waals surface area contributed by atoms with Crippen LogP contribution in [0.2, 0.25) is 0 Å². The lowest BCUT2D eigenvalue weighted by Crippen LogP contribution is -2.32. The van der Waals surface area contributed by atoms with E-state index in [0.29, 0.717) is 22.4 Å². The van der Waals surface area contributed by atoms with Crippen molar-refractivity contribution in [2.45, 2.75) is 13.0 Å². The van der Waals surface area contributed by atoms with Crippen molar-refractivity contribution >= 4 is 17.4 Å². The van der Waals surface area contributed by atoms with E-state index < -0.39 is 17.7 Å². The van der Waals surface area contributed by atoms with E-state index in [0.717, 1.165) is 0 Å². The highest BCUT2D eigenvalue weighted by molar-refractivity contribution is 6.46. The van der Waals surface area contributed by atoms with Crippen molar-refractivity contribution in [3.63, 3.8) is 0 Å². The molecule has 1 heterocycles. The summed E-state index contributed by atoms with van der Waals surface area (Å²) in [4.78, 5) is 26.9. The third-order valence-corrected chi connectivity index (χ3v) is 4.97. The predicted octanol–water partition coefficient (Wildman–Crippen LogP) is 2.78. The van der Waals surface area contributed by atoms with Crippen LogP contribution < -0.4 is 4.74 Å². The van der Waals surface area contributed by atoms with Gasteiger partial charge < -0.3 is 24.6 Å². The number of methoxy groups -OCH3 is 2. The van der Waals surface area contributed by atoms with Gasteiger partial charge in [-0.1, -0.05) is 12.1 Å². The number of carbonyl (C=O) groups is 2. The molecular formula is C22H23NO6. The number of aliphatic hydroxyl groups is 1. The molecule has 2 aromatic rings. The number of hydrogen-bond donors (Lipinski definition) is 2. The standard InChI is InChI=1S/C22H23NO6/c1-13-12-16(29-3)8-9-17(13)20(25)18-19(14-4-6-15(24)7-5-14)23(10-11-28-2)22(27)21(18)26/h4-9,12,19,24-25H,10-11H2,1-3H3/b20-18+. The molecule has 1 saturated heterocycles. The van der Waals surface area contributed by atoms with Crippen LogP contribution in [0, 0.1) is 6.92 Å². The molecule has 2 N–H and O–H groups in total. The highest BCUT2D eigenvalue weighted by Gasteiger charge is 2.45. The summed E-state index contributed by atoms with van der Waals surface area (Å²) in [6, 6.07) is 10.5. The molecule has 1 fully saturated rings. The molecule has 2 aromatic carbocycles. The molecule has 7 heteroatoms. The van der Waals surface area contributed by atoms with Crippen molar-refractivity contribution < 1.29 is 29.3 Å². The molecule has 7 nitrogen and oxygen atoms in total. The first-order valence-corrected chi connectivity index (χ1v) is 9.10. The number of amides is 1. The number of aromatic hydroxyl groups is 1. The quantitative estimate of drug-likeness (QED) is 0.442. The van der Waals surface area contributed by atoms with Crippen LogP contribution in [0.3, 0.4) is 0 Å². The average Bonchev–Trinajstić information content (AvgIpc) is 2.96. The molecule has 0 spiro atoms. The van der Waals surface area contributed by atoms with Gasteiger partial charge in [-0.2, -0.15) is 0 Å².